The van der Waals surface area contributed by atoms with Gasteiger partial charge in [0.05, 0.1) is 5.52 Å². The fourth-order valence-corrected chi connectivity index (χ4v) is 2.60. The number of aromatic nitrogens is 1. The zero-order chi connectivity index (χ0) is 10.7. The van der Waals surface area contributed by atoms with Crippen LogP contribution >= 0.6 is 24.4 Å². The van der Waals surface area contributed by atoms with Gasteiger partial charge in [-0.2, -0.15) is 0 Å². The van der Waals surface area contributed by atoms with Gasteiger partial charge in [-0.05, 0) is 30.4 Å². The molecule has 0 saturated heterocycles. The predicted molar refractivity (Wildman–Crippen MR) is 70.0 cm³/mol. The lowest BCUT2D eigenvalue weighted by Gasteiger charge is -2.06. The number of hydrogen-bond donors (Lipinski definition) is 1. The van der Waals surface area contributed by atoms with Gasteiger partial charge in [-0.25, -0.2) is 0 Å². The van der Waals surface area contributed by atoms with Crippen molar-refractivity contribution in [3.8, 4) is 0 Å². The first kappa shape index (κ1) is 10.8. The second-order valence-electron chi connectivity index (χ2n) is 3.33. The Morgan fingerprint density at radius 1 is 1.33 bits per heavy atom. The number of thioether (sulfide) groups is 1. The summed E-state index contributed by atoms with van der Waals surface area (Å²) in [6.07, 6.45) is 3.02. The molecule has 1 aromatic carbocycles. The van der Waals surface area contributed by atoms with Gasteiger partial charge in [-0.1, -0.05) is 13.0 Å². The number of hydrogen-bond acceptors (Lipinski definition) is 3. The Bertz CT molecular complexity index is 468. The van der Waals surface area contributed by atoms with Crippen LogP contribution in [0, 0.1) is 0 Å². The topological polar surface area (TPSA) is 12.9 Å². The minimum atomic E-state index is 0.999. The van der Waals surface area contributed by atoms with Gasteiger partial charge >= 0.3 is 0 Å². The van der Waals surface area contributed by atoms with Crippen molar-refractivity contribution in [2.24, 2.45) is 0 Å². The van der Waals surface area contributed by atoms with Crippen molar-refractivity contribution in [3.63, 3.8) is 0 Å². The fraction of sp³-hybridized carbons (Fsp3) is 0.250. The minimum absolute atomic E-state index is 0.999. The largest absolute Gasteiger partial charge is 0.255 e. The Morgan fingerprint density at radius 3 is 3.00 bits per heavy atom. The SMILES string of the molecule is CCCSc1ccc(S)c2cccnc12. The van der Waals surface area contributed by atoms with Crippen LogP contribution in [0.15, 0.2) is 40.3 Å². The van der Waals surface area contributed by atoms with Gasteiger partial charge in [0, 0.05) is 21.4 Å². The van der Waals surface area contributed by atoms with E-state index in [0.29, 0.717) is 0 Å². The maximum Gasteiger partial charge on any atom is 0.0848 e. The second kappa shape index (κ2) is 4.90. The molecule has 0 unspecified atom stereocenters. The van der Waals surface area contributed by atoms with E-state index in [-0.39, 0.29) is 0 Å². The molecule has 0 atom stereocenters. The molecule has 2 rings (SSSR count). The maximum absolute atomic E-state index is 4.44. The van der Waals surface area contributed by atoms with E-state index in [1.165, 1.54) is 11.3 Å². The lowest BCUT2D eigenvalue weighted by molar-refractivity contribution is 1.10. The first-order valence-corrected chi connectivity index (χ1v) is 6.45. The molecule has 78 valence electrons. The van der Waals surface area contributed by atoms with E-state index in [1.54, 1.807) is 0 Å². The number of pyridine rings is 1. The summed E-state index contributed by atoms with van der Waals surface area (Å²) in [7, 11) is 0. The lowest BCUT2D eigenvalue weighted by atomic mass is 10.2. The predicted octanol–water partition coefficient (Wildman–Crippen LogP) is 4.03. The van der Waals surface area contributed by atoms with E-state index in [1.807, 2.05) is 30.1 Å². The summed E-state index contributed by atoms with van der Waals surface area (Å²) < 4.78 is 0. The van der Waals surface area contributed by atoms with Crippen LogP contribution in [0.4, 0.5) is 0 Å². The fourth-order valence-electron chi connectivity index (χ4n) is 1.46. The van der Waals surface area contributed by atoms with Crippen LogP contribution in [0.1, 0.15) is 13.3 Å². The molecule has 2 aromatic rings. The average molecular weight is 235 g/mol. The van der Waals surface area contributed by atoms with Crippen LogP contribution in [0.25, 0.3) is 10.9 Å². The molecule has 1 heterocycles. The van der Waals surface area contributed by atoms with E-state index in [4.69, 9.17) is 0 Å². The van der Waals surface area contributed by atoms with Crippen LogP contribution in [0.5, 0.6) is 0 Å². The van der Waals surface area contributed by atoms with E-state index in [9.17, 15) is 0 Å². The lowest BCUT2D eigenvalue weighted by Crippen LogP contribution is -1.84. The van der Waals surface area contributed by atoms with Crippen LogP contribution in [-0.4, -0.2) is 10.7 Å². The second-order valence-corrected chi connectivity index (χ2v) is 4.95. The third-order valence-electron chi connectivity index (χ3n) is 2.17. The van der Waals surface area contributed by atoms with Crippen molar-refractivity contribution in [1.29, 1.82) is 0 Å². The van der Waals surface area contributed by atoms with Crippen molar-refractivity contribution in [3.05, 3.63) is 30.5 Å². The molecule has 0 fully saturated rings. The van der Waals surface area contributed by atoms with E-state index >= 15 is 0 Å². The molecular formula is C12H13NS2. The molecule has 15 heavy (non-hydrogen) atoms. The molecule has 1 nitrogen and oxygen atoms in total. The summed E-state index contributed by atoms with van der Waals surface area (Å²) in [6.45, 7) is 2.19. The number of rotatable bonds is 3. The monoisotopic (exact) mass is 235 g/mol. The van der Waals surface area contributed by atoms with Crippen molar-refractivity contribution in [1.82, 2.24) is 4.98 Å². The zero-order valence-electron chi connectivity index (χ0n) is 8.60. The Balaban J connectivity index is 2.51. The molecule has 0 aliphatic heterocycles. The highest BCUT2D eigenvalue weighted by atomic mass is 32.2. The van der Waals surface area contributed by atoms with Crippen molar-refractivity contribution in [2.45, 2.75) is 23.1 Å². The molecule has 0 amide bonds. The summed E-state index contributed by atoms with van der Waals surface area (Å²) in [4.78, 5) is 6.68. The standard InChI is InChI=1S/C12H13NS2/c1-2-8-15-11-6-5-10(14)9-4-3-7-13-12(9)11/h3-7,14H,2,8H2,1H3. The van der Waals surface area contributed by atoms with Crippen LogP contribution in [-0.2, 0) is 0 Å². The highest BCUT2D eigenvalue weighted by Gasteiger charge is 2.04. The third kappa shape index (κ3) is 2.29. The Morgan fingerprint density at radius 2 is 2.20 bits per heavy atom. The third-order valence-corrected chi connectivity index (χ3v) is 3.81. The van der Waals surface area contributed by atoms with E-state index < -0.39 is 0 Å². The van der Waals surface area contributed by atoms with Crippen LogP contribution in [0.2, 0.25) is 0 Å². The van der Waals surface area contributed by atoms with E-state index in [0.717, 1.165) is 21.6 Å². The maximum atomic E-state index is 4.44. The van der Waals surface area contributed by atoms with Gasteiger partial charge in [-0.15, -0.1) is 24.4 Å². The smallest absolute Gasteiger partial charge is 0.0848 e. The summed E-state index contributed by atoms with van der Waals surface area (Å²) >= 11 is 6.30. The normalized spacial score (nSPS) is 10.8. The molecule has 0 aliphatic rings. The highest BCUT2D eigenvalue weighted by molar-refractivity contribution is 7.99. The van der Waals surface area contributed by atoms with Gasteiger partial charge in [0.25, 0.3) is 0 Å². The van der Waals surface area contributed by atoms with Gasteiger partial charge in [0.2, 0.25) is 0 Å². The quantitative estimate of drug-likeness (QED) is 0.637. The molecule has 0 spiro atoms. The van der Waals surface area contributed by atoms with Crippen molar-refractivity contribution < 1.29 is 0 Å². The Hall–Kier alpha value is -0.670. The number of benzene rings is 1. The van der Waals surface area contributed by atoms with Crippen molar-refractivity contribution >= 4 is 35.3 Å². The Labute approximate surface area is 99.7 Å². The Kier molecular flexibility index (Phi) is 3.54. The first-order valence-electron chi connectivity index (χ1n) is 5.02. The summed E-state index contributed by atoms with van der Waals surface area (Å²) in [5, 5.41) is 1.14. The molecule has 0 radical (unpaired) electrons. The molecule has 0 aliphatic carbocycles. The number of nitrogens with zero attached hydrogens (tertiary/aromatic N) is 1. The number of thiol groups is 1. The first-order chi connectivity index (χ1) is 7.33. The summed E-state index contributed by atoms with van der Waals surface area (Å²) in [6, 6.07) is 8.18. The van der Waals surface area contributed by atoms with Gasteiger partial charge in [0.15, 0.2) is 0 Å². The molecule has 1 aromatic heterocycles. The molecule has 0 N–H and O–H groups in total. The summed E-state index contributed by atoms with van der Waals surface area (Å²) in [5.41, 5.74) is 1.07. The molecule has 0 bridgehead atoms. The average Bonchev–Trinajstić information content (AvgIpc) is 2.29. The van der Waals surface area contributed by atoms with Crippen molar-refractivity contribution in [2.75, 3.05) is 5.75 Å². The minimum Gasteiger partial charge on any atom is -0.255 e. The highest BCUT2D eigenvalue weighted by Crippen LogP contribution is 2.30. The zero-order valence-corrected chi connectivity index (χ0v) is 10.3. The van der Waals surface area contributed by atoms with Gasteiger partial charge < -0.3 is 0 Å². The van der Waals surface area contributed by atoms with Crippen LogP contribution in [0.3, 0.4) is 0 Å². The molecule has 3 heteroatoms. The van der Waals surface area contributed by atoms with Gasteiger partial charge in [-0.3, -0.25) is 4.98 Å². The van der Waals surface area contributed by atoms with Gasteiger partial charge in [0.1, 0.15) is 0 Å². The molecule has 0 saturated carbocycles. The molecular weight excluding hydrogens is 222 g/mol. The summed E-state index contributed by atoms with van der Waals surface area (Å²) in [5.74, 6) is 1.14. The van der Waals surface area contributed by atoms with Crippen LogP contribution < -0.4 is 0 Å². The van der Waals surface area contributed by atoms with E-state index in [2.05, 4.69) is 36.7 Å². The number of fused-ring (bicyclic) bond motifs is 1.